The van der Waals surface area contributed by atoms with Gasteiger partial charge < -0.3 is 10.1 Å². The quantitative estimate of drug-likeness (QED) is 0.710. The lowest BCUT2D eigenvalue weighted by molar-refractivity contribution is -0.150. The predicted molar refractivity (Wildman–Crippen MR) is 58.3 cm³/mol. The summed E-state index contributed by atoms with van der Waals surface area (Å²) in [5, 5.41) is 12.5. The van der Waals surface area contributed by atoms with Crippen molar-refractivity contribution in [3.05, 3.63) is 0 Å². The molecule has 88 valence electrons. The van der Waals surface area contributed by atoms with Gasteiger partial charge in [0.25, 0.3) is 0 Å². The van der Waals surface area contributed by atoms with Crippen molar-refractivity contribution in [3.63, 3.8) is 0 Å². The summed E-state index contributed by atoms with van der Waals surface area (Å²) in [5.41, 5.74) is 0. The summed E-state index contributed by atoms with van der Waals surface area (Å²) in [6.07, 6.45) is 1.98. The third kappa shape index (κ3) is 2.05. The van der Waals surface area contributed by atoms with Crippen LogP contribution < -0.4 is 5.32 Å². The largest absolute Gasteiger partial charge is 0.463 e. The smallest absolute Gasteiger partial charge is 0.302 e. The van der Waals surface area contributed by atoms with Crippen molar-refractivity contribution in [2.45, 2.75) is 38.8 Å². The summed E-state index contributed by atoms with van der Waals surface area (Å²) in [6, 6.07) is 2.57. The molecule has 0 radical (unpaired) electrons. The molecule has 2 heterocycles. The van der Waals surface area contributed by atoms with Gasteiger partial charge in [-0.05, 0) is 32.2 Å². The maximum atomic E-state index is 10.9. The van der Waals surface area contributed by atoms with E-state index in [9.17, 15) is 4.79 Å². The van der Waals surface area contributed by atoms with Gasteiger partial charge in [-0.25, -0.2) is 0 Å². The molecule has 2 saturated heterocycles. The number of rotatable bonds is 2. The molecule has 2 aliphatic heterocycles. The first-order valence-electron chi connectivity index (χ1n) is 5.92. The topological polar surface area (TPSA) is 62.1 Å². The van der Waals surface area contributed by atoms with E-state index in [0.29, 0.717) is 11.8 Å². The highest BCUT2D eigenvalue weighted by Gasteiger charge is 2.45. The van der Waals surface area contributed by atoms with Crippen LogP contribution in [0.25, 0.3) is 0 Å². The van der Waals surface area contributed by atoms with Crippen molar-refractivity contribution in [2.24, 2.45) is 17.8 Å². The number of esters is 1. The lowest BCUT2D eigenvalue weighted by atomic mass is 9.67. The van der Waals surface area contributed by atoms with Crippen molar-refractivity contribution in [1.29, 1.82) is 5.26 Å². The number of piperidine rings is 2. The molecule has 0 spiro atoms. The number of hydrogen-bond donors (Lipinski definition) is 1. The van der Waals surface area contributed by atoms with Crippen LogP contribution in [-0.4, -0.2) is 24.7 Å². The van der Waals surface area contributed by atoms with Gasteiger partial charge in [-0.15, -0.1) is 0 Å². The molecule has 3 aliphatic rings. The lowest BCUT2D eigenvalue weighted by Gasteiger charge is -2.47. The number of nitrogens with one attached hydrogen (secondary N) is 1. The van der Waals surface area contributed by atoms with E-state index in [1.807, 2.05) is 6.92 Å². The number of carbonyl (C=O) groups is 1. The highest BCUT2D eigenvalue weighted by Crippen LogP contribution is 2.39. The minimum Gasteiger partial charge on any atom is -0.463 e. The Morgan fingerprint density at radius 2 is 2.31 bits per heavy atom. The molecule has 3 rings (SSSR count). The first-order chi connectivity index (χ1) is 7.61. The third-order valence-electron chi connectivity index (χ3n) is 3.85. The standard InChI is InChI=1S/C12H18N2O2/c1-7(16-8(2)15)11-4-9-3-10(5-13)12(11)14-6-9/h7,9-12,14H,3-4,6H2,1-2H3/t7-,9+,10-,11-,12+/m1/s1. The normalized spacial score (nSPS) is 38.8. The van der Waals surface area contributed by atoms with Crippen molar-refractivity contribution in [3.8, 4) is 6.07 Å². The van der Waals surface area contributed by atoms with Crippen LogP contribution in [0, 0.1) is 29.1 Å². The zero-order valence-corrected chi connectivity index (χ0v) is 9.77. The summed E-state index contributed by atoms with van der Waals surface area (Å²) >= 11 is 0. The minimum atomic E-state index is -0.234. The fourth-order valence-electron chi connectivity index (χ4n) is 3.16. The molecule has 1 N–H and O–H groups in total. The van der Waals surface area contributed by atoms with Crippen LogP contribution in [-0.2, 0) is 9.53 Å². The maximum Gasteiger partial charge on any atom is 0.302 e. The van der Waals surface area contributed by atoms with Crippen molar-refractivity contribution in [2.75, 3.05) is 6.54 Å². The second kappa shape index (κ2) is 4.42. The molecular weight excluding hydrogens is 204 g/mol. The molecule has 0 aromatic heterocycles. The van der Waals surface area contributed by atoms with E-state index in [-0.39, 0.29) is 24.0 Å². The summed E-state index contributed by atoms with van der Waals surface area (Å²) < 4.78 is 5.25. The van der Waals surface area contributed by atoms with Crippen molar-refractivity contribution < 1.29 is 9.53 Å². The molecule has 3 fully saturated rings. The van der Waals surface area contributed by atoms with E-state index in [0.717, 1.165) is 19.4 Å². The highest BCUT2D eigenvalue weighted by molar-refractivity contribution is 5.66. The van der Waals surface area contributed by atoms with Crippen LogP contribution >= 0.6 is 0 Å². The van der Waals surface area contributed by atoms with E-state index < -0.39 is 0 Å². The van der Waals surface area contributed by atoms with Crippen LogP contribution in [0.3, 0.4) is 0 Å². The summed E-state index contributed by atoms with van der Waals surface area (Å²) in [4.78, 5) is 10.9. The Morgan fingerprint density at radius 3 is 2.88 bits per heavy atom. The Balaban J connectivity index is 2.05. The number of nitriles is 1. The number of hydrogen-bond acceptors (Lipinski definition) is 4. The fraction of sp³-hybridized carbons (Fsp3) is 0.833. The van der Waals surface area contributed by atoms with E-state index in [2.05, 4.69) is 11.4 Å². The Hall–Kier alpha value is -1.08. The molecule has 16 heavy (non-hydrogen) atoms. The number of ether oxygens (including phenoxy) is 1. The van der Waals surface area contributed by atoms with Gasteiger partial charge in [-0.1, -0.05) is 0 Å². The van der Waals surface area contributed by atoms with Crippen LogP contribution in [0.1, 0.15) is 26.7 Å². The molecular formula is C12H18N2O2. The molecule has 0 unspecified atom stereocenters. The van der Waals surface area contributed by atoms with Gasteiger partial charge in [0.1, 0.15) is 6.10 Å². The van der Waals surface area contributed by atoms with Gasteiger partial charge in [0.05, 0.1) is 12.0 Å². The second-order valence-electron chi connectivity index (χ2n) is 4.99. The van der Waals surface area contributed by atoms with E-state index in [1.165, 1.54) is 6.92 Å². The molecule has 0 aromatic carbocycles. The number of nitrogens with zero attached hydrogens (tertiary/aromatic N) is 1. The average Bonchev–Trinajstić information content (AvgIpc) is 2.28. The van der Waals surface area contributed by atoms with Crippen LogP contribution in [0.2, 0.25) is 0 Å². The summed E-state index contributed by atoms with van der Waals surface area (Å²) in [7, 11) is 0. The predicted octanol–water partition coefficient (Wildman–Crippen LogP) is 1.08. The van der Waals surface area contributed by atoms with Crippen molar-refractivity contribution >= 4 is 5.97 Å². The molecule has 5 atom stereocenters. The first-order valence-corrected chi connectivity index (χ1v) is 5.92. The molecule has 4 heteroatoms. The maximum absolute atomic E-state index is 10.9. The number of carbonyl (C=O) groups excluding carboxylic acids is 1. The molecule has 4 nitrogen and oxygen atoms in total. The van der Waals surface area contributed by atoms with E-state index >= 15 is 0 Å². The number of fused-ring (bicyclic) bond motifs is 3. The van der Waals surface area contributed by atoms with Crippen molar-refractivity contribution in [1.82, 2.24) is 5.32 Å². The van der Waals surface area contributed by atoms with Gasteiger partial charge >= 0.3 is 5.97 Å². The average molecular weight is 222 g/mol. The Labute approximate surface area is 96.0 Å². The van der Waals surface area contributed by atoms with Gasteiger partial charge in [-0.3, -0.25) is 4.79 Å². The molecule has 2 bridgehead atoms. The zero-order chi connectivity index (χ0) is 11.7. The highest BCUT2D eigenvalue weighted by atomic mass is 16.5. The lowest BCUT2D eigenvalue weighted by Crippen LogP contribution is -2.58. The monoisotopic (exact) mass is 222 g/mol. The Bertz CT molecular complexity index is 323. The van der Waals surface area contributed by atoms with Gasteiger partial charge in [-0.2, -0.15) is 5.26 Å². The fourth-order valence-corrected chi connectivity index (χ4v) is 3.16. The summed E-state index contributed by atoms with van der Waals surface area (Å²) in [5.74, 6) is 0.705. The zero-order valence-electron chi connectivity index (χ0n) is 9.77. The van der Waals surface area contributed by atoms with Gasteiger partial charge in [0, 0.05) is 18.9 Å². The van der Waals surface area contributed by atoms with Gasteiger partial charge in [0.15, 0.2) is 0 Å². The van der Waals surface area contributed by atoms with Crippen LogP contribution in [0.15, 0.2) is 0 Å². The third-order valence-corrected chi connectivity index (χ3v) is 3.85. The van der Waals surface area contributed by atoms with E-state index in [4.69, 9.17) is 10.00 Å². The van der Waals surface area contributed by atoms with E-state index in [1.54, 1.807) is 0 Å². The minimum absolute atomic E-state index is 0.0792. The summed E-state index contributed by atoms with van der Waals surface area (Å²) in [6.45, 7) is 4.38. The molecule has 0 amide bonds. The Morgan fingerprint density at radius 1 is 1.56 bits per heavy atom. The SMILES string of the molecule is CC(=O)O[C@H](C)[C@H]1C[C@H]2CN[C@H]1[C@@H](C#N)C2. The van der Waals surface area contributed by atoms with Crippen LogP contribution in [0.4, 0.5) is 0 Å². The van der Waals surface area contributed by atoms with Crippen LogP contribution in [0.5, 0.6) is 0 Å². The Kier molecular flexibility index (Phi) is 3.15. The molecule has 1 saturated carbocycles. The van der Waals surface area contributed by atoms with Gasteiger partial charge in [0.2, 0.25) is 0 Å². The first kappa shape index (κ1) is 11.4. The molecule has 1 aliphatic carbocycles. The second-order valence-corrected chi connectivity index (χ2v) is 4.99. The molecule has 0 aromatic rings.